The molecule has 0 fully saturated rings. The Morgan fingerprint density at radius 1 is 1.39 bits per heavy atom. The molecule has 0 aliphatic heterocycles. The number of benzene rings is 1. The van der Waals surface area contributed by atoms with Crippen LogP contribution < -0.4 is 0 Å². The van der Waals surface area contributed by atoms with E-state index in [-0.39, 0.29) is 0 Å². The summed E-state index contributed by atoms with van der Waals surface area (Å²) in [6, 6.07) is 9.45. The highest BCUT2D eigenvalue weighted by atomic mass is 32.2. The third-order valence-electron chi connectivity index (χ3n) is 2.29. The molecular weight excluding hydrogens is 252 g/mol. The summed E-state index contributed by atoms with van der Waals surface area (Å²) in [4.78, 5) is 10.7. The third kappa shape index (κ3) is 3.10. The Balaban J connectivity index is 2.01. The zero-order chi connectivity index (χ0) is 13.0. The zero-order valence-electron chi connectivity index (χ0n) is 9.74. The van der Waals surface area contributed by atoms with E-state index >= 15 is 0 Å². The van der Waals surface area contributed by atoms with Crippen molar-refractivity contribution < 1.29 is 14.3 Å². The predicted octanol–water partition coefficient (Wildman–Crippen LogP) is 2.44. The maximum Gasteiger partial charge on any atom is 0.316 e. The molecule has 0 saturated heterocycles. The summed E-state index contributed by atoms with van der Waals surface area (Å²) >= 11 is 1.25. The molecule has 1 heterocycles. The normalized spacial score (nSPS) is 12.3. The molecule has 1 atom stereocenters. The fourth-order valence-electron chi connectivity index (χ4n) is 1.28. The summed E-state index contributed by atoms with van der Waals surface area (Å²) in [6.07, 6.45) is 0. The van der Waals surface area contributed by atoms with Crippen LogP contribution in [0, 0.1) is 0 Å². The van der Waals surface area contributed by atoms with Crippen molar-refractivity contribution in [3.8, 4) is 11.5 Å². The van der Waals surface area contributed by atoms with Gasteiger partial charge < -0.3 is 9.52 Å². The number of nitrogens with zero attached hydrogens (tertiary/aromatic N) is 2. The van der Waals surface area contributed by atoms with Crippen LogP contribution in [0.2, 0.25) is 0 Å². The van der Waals surface area contributed by atoms with Gasteiger partial charge in [-0.2, -0.15) is 0 Å². The van der Waals surface area contributed by atoms with E-state index < -0.39 is 11.2 Å². The first-order valence-electron chi connectivity index (χ1n) is 5.39. The highest BCUT2D eigenvalue weighted by Gasteiger charge is 2.14. The van der Waals surface area contributed by atoms with Crippen LogP contribution in [0.4, 0.5) is 0 Å². The molecule has 6 heteroatoms. The molecule has 0 aliphatic rings. The van der Waals surface area contributed by atoms with E-state index in [0.717, 1.165) is 5.56 Å². The van der Waals surface area contributed by atoms with Gasteiger partial charge in [-0.05, 0) is 19.1 Å². The standard InChI is InChI=1S/C12H12N2O3S/c1-8(12(15)16)18-7-10-13-14-11(17-10)9-5-3-2-4-6-9/h2-6,8H,7H2,1H3,(H,15,16). The second-order valence-corrected chi connectivity index (χ2v) is 4.99. The number of hydrogen-bond donors (Lipinski definition) is 1. The molecule has 1 unspecified atom stereocenters. The summed E-state index contributed by atoms with van der Waals surface area (Å²) < 4.78 is 5.46. The molecule has 5 nitrogen and oxygen atoms in total. The molecule has 2 rings (SSSR count). The van der Waals surface area contributed by atoms with Gasteiger partial charge in [-0.3, -0.25) is 4.79 Å². The lowest BCUT2D eigenvalue weighted by molar-refractivity contribution is -0.136. The number of carboxylic acid groups (broad SMARTS) is 1. The van der Waals surface area contributed by atoms with Crippen LogP contribution in [0.5, 0.6) is 0 Å². The van der Waals surface area contributed by atoms with E-state index in [1.54, 1.807) is 6.92 Å². The van der Waals surface area contributed by atoms with Crippen molar-refractivity contribution >= 4 is 17.7 Å². The Labute approximate surface area is 108 Å². The van der Waals surface area contributed by atoms with Gasteiger partial charge in [0.2, 0.25) is 11.8 Å². The molecular formula is C12H12N2O3S. The molecule has 0 aliphatic carbocycles. The molecule has 2 aromatic rings. The van der Waals surface area contributed by atoms with Gasteiger partial charge in [0.1, 0.15) is 0 Å². The van der Waals surface area contributed by atoms with Gasteiger partial charge in [0.25, 0.3) is 0 Å². The molecule has 0 saturated carbocycles. The molecule has 94 valence electrons. The number of carbonyl (C=O) groups is 1. The minimum absolute atomic E-state index is 0.396. The van der Waals surface area contributed by atoms with Crippen molar-refractivity contribution in [1.29, 1.82) is 0 Å². The molecule has 1 aromatic heterocycles. The number of aromatic nitrogens is 2. The summed E-state index contributed by atoms with van der Waals surface area (Å²) in [5.74, 6) is 0.441. The van der Waals surface area contributed by atoms with Gasteiger partial charge in [0.05, 0.1) is 11.0 Å². The Hall–Kier alpha value is -1.82. The second-order valence-electron chi connectivity index (χ2n) is 3.66. The molecule has 1 aromatic carbocycles. The Morgan fingerprint density at radius 2 is 2.11 bits per heavy atom. The highest BCUT2D eigenvalue weighted by molar-refractivity contribution is 7.99. The average Bonchev–Trinajstić information content (AvgIpc) is 2.85. The lowest BCUT2D eigenvalue weighted by Gasteiger charge is -2.01. The first kappa shape index (κ1) is 12.6. The molecule has 0 bridgehead atoms. The Bertz CT molecular complexity index is 527. The van der Waals surface area contributed by atoms with Crippen molar-refractivity contribution in [2.45, 2.75) is 17.9 Å². The summed E-state index contributed by atoms with van der Waals surface area (Å²) in [7, 11) is 0. The van der Waals surface area contributed by atoms with E-state index in [0.29, 0.717) is 17.5 Å². The van der Waals surface area contributed by atoms with Crippen LogP contribution in [0.15, 0.2) is 34.7 Å². The van der Waals surface area contributed by atoms with E-state index in [1.165, 1.54) is 11.8 Å². The Morgan fingerprint density at radius 3 is 2.78 bits per heavy atom. The molecule has 1 N–H and O–H groups in total. The lowest BCUT2D eigenvalue weighted by atomic mass is 10.2. The van der Waals surface area contributed by atoms with Crippen molar-refractivity contribution in [3.63, 3.8) is 0 Å². The van der Waals surface area contributed by atoms with Crippen LogP contribution in [0.25, 0.3) is 11.5 Å². The monoisotopic (exact) mass is 264 g/mol. The first-order chi connectivity index (χ1) is 8.66. The van der Waals surface area contributed by atoms with Crippen molar-refractivity contribution in [2.24, 2.45) is 0 Å². The molecule has 18 heavy (non-hydrogen) atoms. The minimum Gasteiger partial charge on any atom is -0.480 e. The van der Waals surface area contributed by atoms with Crippen molar-refractivity contribution in [1.82, 2.24) is 10.2 Å². The minimum atomic E-state index is -0.845. The van der Waals surface area contributed by atoms with Gasteiger partial charge in [-0.15, -0.1) is 22.0 Å². The number of hydrogen-bond acceptors (Lipinski definition) is 5. The molecule has 0 spiro atoms. The van der Waals surface area contributed by atoms with Crippen molar-refractivity contribution in [3.05, 3.63) is 36.2 Å². The average molecular weight is 264 g/mol. The van der Waals surface area contributed by atoms with Gasteiger partial charge >= 0.3 is 5.97 Å². The lowest BCUT2D eigenvalue weighted by Crippen LogP contribution is -2.11. The quantitative estimate of drug-likeness (QED) is 0.893. The van der Waals surface area contributed by atoms with Crippen LogP contribution in [-0.4, -0.2) is 26.5 Å². The highest BCUT2D eigenvalue weighted by Crippen LogP contribution is 2.21. The van der Waals surface area contributed by atoms with E-state index in [9.17, 15) is 4.79 Å². The molecule has 0 radical (unpaired) electrons. The van der Waals surface area contributed by atoms with Gasteiger partial charge in [0.15, 0.2) is 0 Å². The Kier molecular flexibility index (Phi) is 3.99. The first-order valence-corrected chi connectivity index (χ1v) is 6.44. The maximum absolute atomic E-state index is 10.7. The largest absolute Gasteiger partial charge is 0.480 e. The number of thioether (sulfide) groups is 1. The van der Waals surface area contributed by atoms with Crippen LogP contribution in [-0.2, 0) is 10.5 Å². The smallest absolute Gasteiger partial charge is 0.316 e. The molecule has 0 amide bonds. The van der Waals surface area contributed by atoms with E-state index in [2.05, 4.69) is 10.2 Å². The van der Waals surface area contributed by atoms with Gasteiger partial charge in [0, 0.05) is 5.56 Å². The van der Waals surface area contributed by atoms with Crippen molar-refractivity contribution in [2.75, 3.05) is 0 Å². The summed E-state index contributed by atoms with van der Waals surface area (Å²) in [5, 5.41) is 16.1. The second kappa shape index (κ2) is 5.68. The summed E-state index contributed by atoms with van der Waals surface area (Å²) in [5.41, 5.74) is 0.854. The van der Waals surface area contributed by atoms with E-state index in [4.69, 9.17) is 9.52 Å². The fourth-order valence-corrected chi connectivity index (χ4v) is 1.93. The SMILES string of the molecule is CC(SCc1nnc(-c2ccccc2)o1)C(=O)O. The number of rotatable bonds is 5. The topological polar surface area (TPSA) is 76.2 Å². The summed E-state index contributed by atoms with van der Waals surface area (Å²) in [6.45, 7) is 1.63. The van der Waals surface area contributed by atoms with Gasteiger partial charge in [-0.1, -0.05) is 18.2 Å². The number of aliphatic carboxylic acids is 1. The van der Waals surface area contributed by atoms with Crippen LogP contribution >= 0.6 is 11.8 Å². The maximum atomic E-state index is 10.7. The van der Waals surface area contributed by atoms with Gasteiger partial charge in [-0.25, -0.2) is 0 Å². The van der Waals surface area contributed by atoms with E-state index in [1.807, 2.05) is 30.3 Å². The fraction of sp³-hybridized carbons (Fsp3) is 0.250. The zero-order valence-corrected chi connectivity index (χ0v) is 10.6. The third-order valence-corrected chi connectivity index (χ3v) is 3.41. The van der Waals surface area contributed by atoms with Crippen LogP contribution in [0.3, 0.4) is 0 Å². The predicted molar refractivity (Wildman–Crippen MR) is 68.1 cm³/mol. The van der Waals surface area contributed by atoms with Crippen LogP contribution in [0.1, 0.15) is 12.8 Å². The number of carboxylic acids is 1.